The monoisotopic (exact) mass is 312 g/mol. The van der Waals surface area contributed by atoms with E-state index in [-0.39, 0.29) is 24.3 Å². The van der Waals surface area contributed by atoms with Crippen LogP contribution in [0.2, 0.25) is 0 Å². The number of carbonyl (C=O) groups excluding carboxylic acids is 2. The van der Waals surface area contributed by atoms with Gasteiger partial charge in [0.05, 0.1) is 0 Å². The topological polar surface area (TPSA) is 67.4 Å². The molecule has 120 valence electrons. The van der Waals surface area contributed by atoms with Crippen LogP contribution in [0.5, 0.6) is 5.75 Å². The molecule has 2 N–H and O–H groups in total. The van der Waals surface area contributed by atoms with Gasteiger partial charge in [-0.1, -0.05) is 30.3 Å². The lowest BCUT2D eigenvalue weighted by Gasteiger charge is -2.09. The molecule has 0 atom stereocenters. The molecule has 1 aliphatic carbocycles. The summed E-state index contributed by atoms with van der Waals surface area (Å²) in [7, 11) is 0. The number of benzene rings is 2. The van der Waals surface area contributed by atoms with E-state index >= 15 is 0 Å². The van der Waals surface area contributed by atoms with Crippen LogP contribution in [0.25, 0.3) is 10.8 Å². The third-order valence-corrected chi connectivity index (χ3v) is 3.79. The molecule has 0 radical (unpaired) electrons. The van der Waals surface area contributed by atoms with E-state index in [2.05, 4.69) is 10.6 Å². The van der Waals surface area contributed by atoms with Crippen LogP contribution >= 0.6 is 0 Å². The smallest absolute Gasteiger partial charge is 0.258 e. The van der Waals surface area contributed by atoms with Crippen molar-refractivity contribution < 1.29 is 14.3 Å². The van der Waals surface area contributed by atoms with E-state index in [1.807, 2.05) is 42.5 Å². The molecule has 0 aliphatic heterocycles. The highest BCUT2D eigenvalue weighted by Gasteiger charge is 2.28. The van der Waals surface area contributed by atoms with E-state index < -0.39 is 0 Å². The number of rotatable bonds is 7. The molecule has 2 aromatic carbocycles. The maximum Gasteiger partial charge on any atom is 0.258 e. The Hall–Kier alpha value is -2.56. The molecule has 1 aliphatic rings. The summed E-state index contributed by atoms with van der Waals surface area (Å²) in [6, 6.07) is 13.7. The highest BCUT2D eigenvalue weighted by molar-refractivity contribution is 5.84. The van der Waals surface area contributed by atoms with Crippen molar-refractivity contribution in [3.8, 4) is 5.75 Å². The number of amides is 2. The molecular formula is C18H20N2O3. The summed E-state index contributed by atoms with van der Waals surface area (Å²) in [6.07, 6.45) is 1.97. The molecule has 3 rings (SSSR count). The molecular weight excluding hydrogens is 292 g/mol. The lowest BCUT2D eigenvalue weighted by Crippen LogP contribution is -2.37. The minimum Gasteiger partial charge on any atom is -0.484 e. The van der Waals surface area contributed by atoms with Crippen molar-refractivity contribution in [1.29, 1.82) is 0 Å². The number of nitrogens with one attached hydrogen (secondary N) is 2. The summed E-state index contributed by atoms with van der Waals surface area (Å²) >= 11 is 0. The van der Waals surface area contributed by atoms with Gasteiger partial charge in [-0.25, -0.2) is 0 Å². The Morgan fingerprint density at radius 2 is 1.74 bits per heavy atom. The van der Waals surface area contributed by atoms with Gasteiger partial charge in [0, 0.05) is 19.0 Å². The third kappa shape index (κ3) is 4.45. The standard InChI is InChI=1S/C18H20N2O3/c21-17(19-9-10-20-18(22)14-5-6-14)12-23-16-8-7-13-3-1-2-4-15(13)11-16/h1-4,7-8,11,14H,5-6,9-10,12H2,(H,19,21)(H,20,22). The van der Waals surface area contributed by atoms with Crippen LogP contribution in [-0.2, 0) is 9.59 Å². The van der Waals surface area contributed by atoms with E-state index in [1.54, 1.807) is 0 Å². The van der Waals surface area contributed by atoms with Gasteiger partial charge in [0.2, 0.25) is 5.91 Å². The lowest BCUT2D eigenvalue weighted by molar-refractivity contribution is -0.124. The van der Waals surface area contributed by atoms with Gasteiger partial charge in [-0.2, -0.15) is 0 Å². The first-order chi connectivity index (χ1) is 11.2. The zero-order valence-corrected chi connectivity index (χ0v) is 12.9. The first-order valence-corrected chi connectivity index (χ1v) is 7.88. The van der Waals surface area contributed by atoms with Crippen molar-refractivity contribution in [3.05, 3.63) is 42.5 Å². The summed E-state index contributed by atoms with van der Waals surface area (Å²) in [6.45, 7) is 0.838. The predicted octanol–water partition coefficient (Wildman–Crippen LogP) is 1.86. The molecule has 0 unspecified atom stereocenters. The molecule has 1 saturated carbocycles. The fourth-order valence-electron chi connectivity index (χ4n) is 2.33. The second kappa shape index (κ2) is 7.13. The Balaban J connectivity index is 1.38. The van der Waals surface area contributed by atoms with Crippen LogP contribution < -0.4 is 15.4 Å². The number of carbonyl (C=O) groups is 2. The van der Waals surface area contributed by atoms with Gasteiger partial charge in [-0.05, 0) is 35.7 Å². The van der Waals surface area contributed by atoms with Crippen molar-refractivity contribution in [2.75, 3.05) is 19.7 Å². The summed E-state index contributed by atoms with van der Waals surface area (Å²) in [4.78, 5) is 23.1. The molecule has 23 heavy (non-hydrogen) atoms. The van der Waals surface area contributed by atoms with Crippen molar-refractivity contribution in [1.82, 2.24) is 10.6 Å². The van der Waals surface area contributed by atoms with E-state index in [4.69, 9.17) is 4.74 Å². The van der Waals surface area contributed by atoms with Gasteiger partial charge in [-0.3, -0.25) is 9.59 Å². The largest absolute Gasteiger partial charge is 0.484 e. The molecule has 1 fully saturated rings. The van der Waals surface area contributed by atoms with Crippen molar-refractivity contribution in [2.45, 2.75) is 12.8 Å². The SMILES string of the molecule is O=C(COc1ccc2ccccc2c1)NCCNC(=O)C1CC1. The average Bonchev–Trinajstić information content (AvgIpc) is 3.41. The molecule has 0 saturated heterocycles. The molecule has 2 amide bonds. The maximum atomic E-state index is 11.7. The Bertz CT molecular complexity index is 710. The summed E-state index contributed by atoms with van der Waals surface area (Å²) in [5.74, 6) is 0.758. The molecule has 0 aromatic heterocycles. The van der Waals surface area contributed by atoms with Gasteiger partial charge in [0.1, 0.15) is 5.75 Å². The van der Waals surface area contributed by atoms with Crippen molar-refractivity contribution in [2.24, 2.45) is 5.92 Å². The summed E-state index contributed by atoms with van der Waals surface area (Å²) in [5.41, 5.74) is 0. The van der Waals surface area contributed by atoms with Gasteiger partial charge in [0.15, 0.2) is 6.61 Å². The van der Waals surface area contributed by atoms with Crippen molar-refractivity contribution in [3.63, 3.8) is 0 Å². The van der Waals surface area contributed by atoms with Crippen molar-refractivity contribution >= 4 is 22.6 Å². The average molecular weight is 312 g/mol. The van der Waals surface area contributed by atoms with E-state index in [0.717, 1.165) is 23.6 Å². The van der Waals surface area contributed by atoms with Gasteiger partial charge < -0.3 is 15.4 Å². The second-order valence-corrected chi connectivity index (χ2v) is 5.71. The summed E-state index contributed by atoms with van der Waals surface area (Å²) < 4.78 is 5.50. The fraction of sp³-hybridized carbons (Fsp3) is 0.333. The normalized spacial score (nSPS) is 13.6. The van der Waals surface area contributed by atoms with Crippen LogP contribution in [0.1, 0.15) is 12.8 Å². The second-order valence-electron chi connectivity index (χ2n) is 5.71. The van der Waals surface area contributed by atoms with Crippen LogP contribution in [0, 0.1) is 5.92 Å². The molecule has 0 spiro atoms. The van der Waals surface area contributed by atoms with Crippen LogP contribution in [-0.4, -0.2) is 31.5 Å². The zero-order valence-electron chi connectivity index (χ0n) is 12.9. The third-order valence-electron chi connectivity index (χ3n) is 3.79. The van der Waals surface area contributed by atoms with E-state index in [0.29, 0.717) is 18.8 Å². The Morgan fingerprint density at radius 1 is 1.00 bits per heavy atom. The van der Waals surface area contributed by atoms with Crippen LogP contribution in [0.3, 0.4) is 0 Å². The first kappa shape index (κ1) is 15.3. The van der Waals surface area contributed by atoms with Crippen LogP contribution in [0.15, 0.2) is 42.5 Å². The quantitative estimate of drug-likeness (QED) is 0.767. The number of ether oxygens (including phenoxy) is 1. The lowest BCUT2D eigenvalue weighted by atomic mass is 10.1. The maximum absolute atomic E-state index is 11.7. The molecule has 5 nitrogen and oxygen atoms in total. The Kier molecular flexibility index (Phi) is 4.76. The highest BCUT2D eigenvalue weighted by atomic mass is 16.5. The molecule has 5 heteroatoms. The Morgan fingerprint density at radius 3 is 2.52 bits per heavy atom. The van der Waals surface area contributed by atoms with Gasteiger partial charge in [-0.15, -0.1) is 0 Å². The zero-order chi connectivity index (χ0) is 16.1. The minimum atomic E-state index is -0.196. The molecule has 0 bridgehead atoms. The van der Waals surface area contributed by atoms with Gasteiger partial charge in [0.25, 0.3) is 5.91 Å². The summed E-state index contributed by atoms with van der Waals surface area (Å²) in [5, 5.41) is 7.74. The number of fused-ring (bicyclic) bond motifs is 1. The number of hydrogen-bond donors (Lipinski definition) is 2. The molecule has 2 aromatic rings. The minimum absolute atomic E-state index is 0.0328. The van der Waals surface area contributed by atoms with Crippen LogP contribution in [0.4, 0.5) is 0 Å². The number of hydrogen-bond acceptors (Lipinski definition) is 3. The molecule has 0 heterocycles. The van der Waals surface area contributed by atoms with Gasteiger partial charge >= 0.3 is 0 Å². The highest BCUT2D eigenvalue weighted by Crippen LogP contribution is 2.28. The predicted molar refractivity (Wildman–Crippen MR) is 88.2 cm³/mol. The fourth-order valence-corrected chi connectivity index (χ4v) is 2.33. The van der Waals surface area contributed by atoms with E-state index in [9.17, 15) is 9.59 Å². The Labute approximate surface area is 135 Å². The first-order valence-electron chi connectivity index (χ1n) is 7.88. The van der Waals surface area contributed by atoms with E-state index in [1.165, 1.54) is 0 Å².